The third kappa shape index (κ3) is 3.12. The van der Waals surface area contributed by atoms with Crippen molar-refractivity contribution >= 4 is 28.7 Å². The highest BCUT2D eigenvalue weighted by molar-refractivity contribution is 6.30. The second-order valence-electron chi connectivity index (χ2n) is 3.90. The second-order valence-corrected chi connectivity index (χ2v) is 4.31. The molecule has 0 saturated carbocycles. The van der Waals surface area contributed by atoms with E-state index in [4.69, 9.17) is 17.3 Å². The minimum absolute atomic E-state index is 0.0306. The number of nitrogen functional groups attached to an aromatic ring is 1. The van der Waals surface area contributed by atoms with Crippen LogP contribution in [0.3, 0.4) is 0 Å². The van der Waals surface area contributed by atoms with Crippen LogP contribution < -0.4 is 11.1 Å². The first-order valence-electron chi connectivity index (χ1n) is 5.37. The number of anilines is 3. The van der Waals surface area contributed by atoms with Crippen LogP contribution in [0.1, 0.15) is 12.0 Å². The number of nitrogens with one attached hydrogen (secondary N) is 1. The molecule has 2 aromatic carbocycles. The normalized spacial score (nSPS) is 10.8. The van der Waals surface area contributed by atoms with Crippen LogP contribution in [0.15, 0.2) is 36.4 Å². The first-order valence-corrected chi connectivity index (χ1v) is 5.75. The summed E-state index contributed by atoms with van der Waals surface area (Å²) >= 11 is 5.55. The molecule has 0 aromatic heterocycles. The Morgan fingerprint density at radius 2 is 1.84 bits per heavy atom. The van der Waals surface area contributed by atoms with Crippen LogP contribution in [0.25, 0.3) is 0 Å². The molecule has 0 radical (unpaired) electrons. The lowest BCUT2D eigenvalue weighted by molar-refractivity contribution is 0.152. The van der Waals surface area contributed by atoms with E-state index >= 15 is 0 Å². The van der Waals surface area contributed by atoms with Gasteiger partial charge in [0, 0.05) is 22.6 Å². The minimum atomic E-state index is -2.68. The number of nitrogens with two attached hydrogens (primary N) is 1. The maximum Gasteiger partial charge on any atom is 0.265 e. The van der Waals surface area contributed by atoms with Gasteiger partial charge in [0.1, 0.15) is 5.82 Å². The molecule has 0 bridgehead atoms. The highest BCUT2D eigenvalue weighted by Gasteiger charge is 2.14. The van der Waals surface area contributed by atoms with E-state index in [1.165, 1.54) is 30.3 Å². The minimum Gasteiger partial charge on any atom is -0.399 e. The molecule has 0 amide bonds. The summed E-state index contributed by atoms with van der Waals surface area (Å²) in [6, 6.07) is 8.06. The van der Waals surface area contributed by atoms with Crippen LogP contribution in [-0.2, 0) is 0 Å². The molecule has 0 heterocycles. The van der Waals surface area contributed by atoms with Crippen LogP contribution in [-0.4, -0.2) is 0 Å². The van der Waals surface area contributed by atoms with Gasteiger partial charge in [0.2, 0.25) is 0 Å². The summed E-state index contributed by atoms with van der Waals surface area (Å²) in [4.78, 5) is 0. The van der Waals surface area contributed by atoms with Gasteiger partial charge >= 0.3 is 0 Å². The Morgan fingerprint density at radius 1 is 1.11 bits per heavy atom. The maximum absolute atomic E-state index is 13.3. The Kier molecular flexibility index (Phi) is 3.85. The third-order valence-corrected chi connectivity index (χ3v) is 2.82. The topological polar surface area (TPSA) is 38.0 Å². The second kappa shape index (κ2) is 5.40. The van der Waals surface area contributed by atoms with Gasteiger partial charge in [-0.3, -0.25) is 0 Å². The van der Waals surface area contributed by atoms with Gasteiger partial charge in [0.25, 0.3) is 6.43 Å². The standard InChI is InChI=1S/C13H10ClF3N2/c14-10-3-2-8(6-11(10)15)19-12-4-1-7(18)5-9(12)13(16)17/h1-6,13,19H,18H2. The molecule has 100 valence electrons. The predicted molar refractivity (Wildman–Crippen MR) is 70.5 cm³/mol. The smallest absolute Gasteiger partial charge is 0.265 e. The molecule has 0 unspecified atom stereocenters. The Balaban J connectivity index is 2.35. The van der Waals surface area contributed by atoms with E-state index in [1.807, 2.05) is 0 Å². The van der Waals surface area contributed by atoms with Crippen molar-refractivity contribution in [3.8, 4) is 0 Å². The summed E-state index contributed by atoms with van der Waals surface area (Å²) in [7, 11) is 0. The van der Waals surface area contributed by atoms with E-state index in [9.17, 15) is 13.2 Å². The Labute approximate surface area is 113 Å². The molecule has 0 saturated heterocycles. The van der Waals surface area contributed by atoms with E-state index in [0.29, 0.717) is 5.69 Å². The average molecular weight is 287 g/mol. The average Bonchev–Trinajstić information content (AvgIpc) is 2.36. The van der Waals surface area contributed by atoms with Gasteiger partial charge in [-0.15, -0.1) is 0 Å². The largest absolute Gasteiger partial charge is 0.399 e. The first-order chi connectivity index (χ1) is 8.97. The number of hydrogen-bond acceptors (Lipinski definition) is 2. The number of benzene rings is 2. The molecule has 0 aliphatic rings. The van der Waals surface area contributed by atoms with Crippen LogP contribution in [0.5, 0.6) is 0 Å². The van der Waals surface area contributed by atoms with Gasteiger partial charge in [0.15, 0.2) is 0 Å². The highest BCUT2D eigenvalue weighted by Crippen LogP contribution is 2.31. The lowest BCUT2D eigenvalue weighted by Gasteiger charge is -2.12. The van der Waals surface area contributed by atoms with Crippen molar-refractivity contribution in [2.24, 2.45) is 0 Å². The fourth-order valence-corrected chi connectivity index (χ4v) is 1.72. The van der Waals surface area contributed by atoms with Crippen molar-refractivity contribution < 1.29 is 13.2 Å². The van der Waals surface area contributed by atoms with Crippen molar-refractivity contribution in [1.29, 1.82) is 0 Å². The summed E-state index contributed by atoms with van der Waals surface area (Å²) in [5.74, 6) is -0.624. The molecule has 0 spiro atoms. The SMILES string of the molecule is Nc1ccc(Nc2ccc(Cl)c(F)c2)c(C(F)F)c1. The van der Waals surface area contributed by atoms with Crippen molar-refractivity contribution in [2.75, 3.05) is 11.1 Å². The molecule has 19 heavy (non-hydrogen) atoms. The molecule has 0 aliphatic heterocycles. The van der Waals surface area contributed by atoms with E-state index in [0.717, 1.165) is 6.07 Å². The summed E-state index contributed by atoms with van der Waals surface area (Å²) < 4.78 is 39.0. The van der Waals surface area contributed by atoms with Gasteiger partial charge < -0.3 is 11.1 Å². The quantitative estimate of drug-likeness (QED) is 0.800. The zero-order chi connectivity index (χ0) is 14.0. The number of rotatable bonds is 3. The van der Waals surface area contributed by atoms with Gasteiger partial charge in [-0.2, -0.15) is 0 Å². The monoisotopic (exact) mass is 286 g/mol. The fraction of sp³-hybridized carbons (Fsp3) is 0.0769. The van der Waals surface area contributed by atoms with E-state index < -0.39 is 12.2 Å². The van der Waals surface area contributed by atoms with Crippen molar-refractivity contribution in [2.45, 2.75) is 6.43 Å². The third-order valence-electron chi connectivity index (χ3n) is 2.51. The zero-order valence-corrected chi connectivity index (χ0v) is 10.4. The van der Waals surface area contributed by atoms with E-state index in [-0.39, 0.29) is 22.0 Å². The van der Waals surface area contributed by atoms with Crippen molar-refractivity contribution in [3.05, 3.63) is 52.8 Å². The Bertz CT molecular complexity index is 602. The molecule has 0 fully saturated rings. The summed E-state index contributed by atoms with van der Waals surface area (Å²) in [5.41, 5.74) is 5.96. The first kappa shape index (κ1) is 13.5. The maximum atomic E-state index is 13.3. The highest BCUT2D eigenvalue weighted by atomic mass is 35.5. The van der Waals surface area contributed by atoms with Crippen LogP contribution in [0.4, 0.5) is 30.2 Å². The molecule has 2 nitrogen and oxygen atoms in total. The summed E-state index contributed by atoms with van der Waals surface area (Å²) in [6.07, 6.45) is -2.68. The van der Waals surface area contributed by atoms with E-state index in [1.54, 1.807) is 0 Å². The molecule has 2 rings (SSSR count). The lowest BCUT2D eigenvalue weighted by Crippen LogP contribution is -1.98. The molecule has 0 atom stereocenters. The Morgan fingerprint density at radius 3 is 2.47 bits per heavy atom. The van der Waals surface area contributed by atoms with Crippen molar-refractivity contribution in [3.63, 3.8) is 0 Å². The Hall–Kier alpha value is -1.88. The molecule has 2 aromatic rings. The van der Waals surface area contributed by atoms with Crippen LogP contribution in [0.2, 0.25) is 5.02 Å². The van der Waals surface area contributed by atoms with Crippen LogP contribution >= 0.6 is 11.6 Å². The molecular formula is C13H10ClF3N2. The van der Waals surface area contributed by atoms with Gasteiger partial charge in [-0.05, 0) is 36.4 Å². The fourth-order valence-electron chi connectivity index (χ4n) is 1.60. The van der Waals surface area contributed by atoms with Gasteiger partial charge in [0.05, 0.1) is 5.02 Å². The van der Waals surface area contributed by atoms with E-state index in [2.05, 4.69) is 5.32 Å². The number of halogens is 4. The molecule has 3 N–H and O–H groups in total. The summed E-state index contributed by atoms with van der Waals surface area (Å²) in [5, 5.41) is 2.68. The summed E-state index contributed by atoms with van der Waals surface area (Å²) in [6.45, 7) is 0. The molecule has 6 heteroatoms. The predicted octanol–water partition coefficient (Wildman–Crippen LogP) is 4.74. The van der Waals surface area contributed by atoms with Gasteiger partial charge in [-0.1, -0.05) is 11.6 Å². The lowest BCUT2D eigenvalue weighted by atomic mass is 10.1. The van der Waals surface area contributed by atoms with Gasteiger partial charge in [-0.25, -0.2) is 13.2 Å². The van der Waals surface area contributed by atoms with Crippen LogP contribution in [0, 0.1) is 5.82 Å². The number of alkyl halides is 2. The molecule has 0 aliphatic carbocycles. The molecular weight excluding hydrogens is 277 g/mol. The zero-order valence-electron chi connectivity index (χ0n) is 9.63. The van der Waals surface area contributed by atoms with Crippen molar-refractivity contribution in [1.82, 2.24) is 0 Å². The number of hydrogen-bond donors (Lipinski definition) is 2.